The number of alkyl halides is 4. The first kappa shape index (κ1) is 11.0. The van der Waals surface area contributed by atoms with Gasteiger partial charge in [0.1, 0.15) is 6.04 Å². The SMILES string of the molecule is NC(c1ccccc1)C(F)(F)C(F)F. The fraction of sp³-hybridized carbons (Fsp3) is 0.333. The van der Waals surface area contributed by atoms with E-state index >= 15 is 0 Å². The predicted octanol–water partition coefficient (Wildman–Crippen LogP) is 2.59. The Morgan fingerprint density at radius 3 is 2.00 bits per heavy atom. The second kappa shape index (κ2) is 3.96. The van der Waals surface area contributed by atoms with Gasteiger partial charge in [-0.15, -0.1) is 0 Å². The van der Waals surface area contributed by atoms with Gasteiger partial charge in [-0.25, -0.2) is 8.78 Å². The average Bonchev–Trinajstić information content (AvgIpc) is 2.17. The van der Waals surface area contributed by atoms with Crippen LogP contribution in [-0.4, -0.2) is 12.3 Å². The molecule has 1 rings (SSSR count). The van der Waals surface area contributed by atoms with Gasteiger partial charge >= 0.3 is 12.3 Å². The fourth-order valence-electron chi connectivity index (χ4n) is 1.02. The van der Waals surface area contributed by atoms with Gasteiger partial charge in [0, 0.05) is 0 Å². The summed E-state index contributed by atoms with van der Waals surface area (Å²) in [5.41, 5.74) is 5.04. The average molecular weight is 207 g/mol. The summed E-state index contributed by atoms with van der Waals surface area (Å²) in [5.74, 6) is -4.19. The lowest BCUT2D eigenvalue weighted by Crippen LogP contribution is -2.39. The van der Waals surface area contributed by atoms with E-state index in [9.17, 15) is 17.6 Å². The monoisotopic (exact) mass is 207 g/mol. The Balaban J connectivity index is 2.90. The third-order valence-electron chi connectivity index (χ3n) is 1.86. The highest BCUT2D eigenvalue weighted by atomic mass is 19.3. The van der Waals surface area contributed by atoms with Crippen molar-refractivity contribution < 1.29 is 17.6 Å². The molecule has 0 spiro atoms. The lowest BCUT2D eigenvalue weighted by atomic mass is 10.0. The quantitative estimate of drug-likeness (QED) is 0.757. The van der Waals surface area contributed by atoms with Crippen molar-refractivity contribution in [2.75, 3.05) is 0 Å². The minimum absolute atomic E-state index is 0.00204. The highest BCUT2D eigenvalue weighted by molar-refractivity contribution is 5.20. The molecule has 1 aromatic rings. The Labute approximate surface area is 78.5 Å². The largest absolute Gasteiger partial charge is 0.326 e. The van der Waals surface area contributed by atoms with Crippen molar-refractivity contribution >= 4 is 0 Å². The number of benzene rings is 1. The van der Waals surface area contributed by atoms with Gasteiger partial charge in [0.2, 0.25) is 0 Å². The second-order valence-corrected chi connectivity index (χ2v) is 2.86. The van der Waals surface area contributed by atoms with E-state index < -0.39 is 18.4 Å². The summed E-state index contributed by atoms with van der Waals surface area (Å²) < 4.78 is 49.3. The summed E-state index contributed by atoms with van der Waals surface area (Å²) in [4.78, 5) is 0. The molecule has 0 heterocycles. The maximum Gasteiger partial charge on any atom is 0.326 e. The van der Waals surface area contributed by atoms with Gasteiger partial charge in [0.25, 0.3) is 0 Å². The van der Waals surface area contributed by atoms with E-state index in [-0.39, 0.29) is 5.56 Å². The van der Waals surface area contributed by atoms with E-state index in [4.69, 9.17) is 5.73 Å². The molecule has 0 saturated heterocycles. The lowest BCUT2D eigenvalue weighted by molar-refractivity contribution is -0.144. The van der Waals surface area contributed by atoms with Crippen LogP contribution in [0.15, 0.2) is 30.3 Å². The molecule has 1 unspecified atom stereocenters. The molecule has 1 nitrogen and oxygen atoms in total. The molecule has 0 aliphatic heterocycles. The van der Waals surface area contributed by atoms with Crippen molar-refractivity contribution in [3.05, 3.63) is 35.9 Å². The summed E-state index contributed by atoms with van der Waals surface area (Å²) in [5, 5.41) is 0. The second-order valence-electron chi connectivity index (χ2n) is 2.86. The number of nitrogens with two attached hydrogens (primary N) is 1. The molecule has 78 valence electrons. The molecular formula is C9H9F4N. The fourth-order valence-corrected chi connectivity index (χ4v) is 1.02. The van der Waals surface area contributed by atoms with E-state index in [1.807, 2.05) is 0 Å². The summed E-state index contributed by atoms with van der Waals surface area (Å²) in [7, 11) is 0. The topological polar surface area (TPSA) is 26.0 Å². The van der Waals surface area contributed by atoms with Crippen molar-refractivity contribution in [2.45, 2.75) is 18.4 Å². The number of rotatable bonds is 3. The molecule has 0 fully saturated rings. The molecule has 0 amide bonds. The Bertz CT molecular complexity index is 286. The van der Waals surface area contributed by atoms with Crippen LogP contribution >= 0.6 is 0 Å². The van der Waals surface area contributed by atoms with Crippen LogP contribution in [0.5, 0.6) is 0 Å². The normalized spacial score (nSPS) is 14.4. The highest BCUT2D eigenvalue weighted by Gasteiger charge is 2.47. The molecule has 5 heteroatoms. The third kappa shape index (κ3) is 2.04. The Hall–Kier alpha value is -1.10. The van der Waals surface area contributed by atoms with Gasteiger partial charge in [0.05, 0.1) is 0 Å². The van der Waals surface area contributed by atoms with Gasteiger partial charge in [-0.2, -0.15) is 8.78 Å². The predicted molar refractivity (Wildman–Crippen MR) is 44.3 cm³/mol. The number of halogens is 4. The standard InChI is InChI=1S/C9H9F4N/c10-8(11)9(12,13)7(14)6-4-2-1-3-5-6/h1-5,7-8H,14H2. The summed E-state index contributed by atoms with van der Waals surface area (Å²) in [6, 6.07) is 5.15. The van der Waals surface area contributed by atoms with Gasteiger partial charge in [-0.05, 0) is 5.56 Å². The smallest absolute Gasteiger partial charge is 0.319 e. The maximum absolute atomic E-state index is 12.8. The first-order chi connectivity index (χ1) is 6.46. The Morgan fingerprint density at radius 2 is 1.57 bits per heavy atom. The van der Waals surface area contributed by atoms with Crippen molar-refractivity contribution in [1.82, 2.24) is 0 Å². The molecule has 0 aliphatic carbocycles. The molecule has 2 N–H and O–H groups in total. The van der Waals surface area contributed by atoms with Crippen molar-refractivity contribution in [3.63, 3.8) is 0 Å². The van der Waals surface area contributed by atoms with E-state index in [1.165, 1.54) is 24.3 Å². The first-order valence-electron chi connectivity index (χ1n) is 3.92. The Kier molecular flexibility index (Phi) is 3.10. The van der Waals surface area contributed by atoms with Crippen LogP contribution in [0.3, 0.4) is 0 Å². The minimum Gasteiger partial charge on any atom is -0.319 e. The molecule has 1 atom stereocenters. The number of hydrogen-bond acceptors (Lipinski definition) is 1. The summed E-state index contributed by atoms with van der Waals surface area (Å²) in [6.07, 6.45) is -3.75. The van der Waals surface area contributed by atoms with Gasteiger partial charge < -0.3 is 5.73 Å². The molecule has 0 aromatic heterocycles. The zero-order valence-corrected chi connectivity index (χ0v) is 7.13. The molecule has 0 bridgehead atoms. The van der Waals surface area contributed by atoms with Crippen molar-refractivity contribution in [1.29, 1.82) is 0 Å². The molecule has 1 aromatic carbocycles. The third-order valence-corrected chi connectivity index (χ3v) is 1.86. The summed E-state index contributed by atoms with van der Waals surface area (Å²) in [6.45, 7) is 0. The minimum atomic E-state index is -4.19. The zero-order valence-electron chi connectivity index (χ0n) is 7.13. The van der Waals surface area contributed by atoms with E-state index in [0.717, 1.165) is 0 Å². The van der Waals surface area contributed by atoms with Crippen LogP contribution in [0.1, 0.15) is 11.6 Å². The Morgan fingerprint density at radius 1 is 1.07 bits per heavy atom. The van der Waals surface area contributed by atoms with E-state index in [2.05, 4.69) is 0 Å². The van der Waals surface area contributed by atoms with Gasteiger partial charge in [-0.1, -0.05) is 30.3 Å². The van der Waals surface area contributed by atoms with E-state index in [1.54, 1.807) is 6.07 Å². The van der Waals surface area contributed by atoms with Crippen LogP contribution in [0.25, 0.3) is 0 Å². The first-order valence-corrected chi connectivity index (χ1v) is 3.92. The van der Waals surface area contributed by atoms with Crippen LogP contribution < -0.4 is 5.73 Å². The molecule has 14 heavy (non-hydrogen) atoms. The van der Waals surface area contributed by atoms with Gasteiger partial charge in [0.15, 0.2) is 0 Å². The molecule has 0 radical (unpaired) electrons. The lowest BCUT2D eigenvalue weighted by Gasteiger charge is -2.22. The molecular weight excluding hydrogens is 198 g/mol. The van der Waals surface area contributed by atoms with Crippen LogP contribution in [-0.2, 0) is 0 Å². The van der Waals surface area contributed by atoms with Crippen LogP contribution in [0.4, 0.5) is 17.6 Å². The van der Waals surface area contributed by atoms with E-state index in [0.29, 0.717) is 0 Å². The van der Waals surface area contributed by atoms with Gasteiger partial charge in [-0.3, -0.25) is 0 Å². The zero-order chi connectivity index (χ0) is 10.8. The summed E-state index contributed by atoms with van der Waals surface area (Å²) >= 11 is 0. The highest BCUT2D eigenvalue weighted by Crippen LogP contribution is 2.34. The molecule has 0 saturated carbocycles. The number of hydrogen-bond donors (Lipinski definition) is 1. The van der Waals surface area contributed by atoms with Crippen LogP contribution in [0, 0.1) is 0 Å². The molecule has 0 aliphatic rings. The maximum atomic E-state index is 12.8. The van der Waals surface area contributed by atoms with Crippen LogP contribution in [0.2, 0.25) is 0 Å². The van der Waals surface area contributed by atoms with Crippen molar-refractivity contribution in [3.8, 4) is 0 Å². The van der Waals surface area contributed by atoms with Crippen molar-refractivity contribution in [2.24, 2.45) is 5.73 Å².